The predicted octanol–water partition coefficient (Wildman–Crippen LogP) is 2.07. The van der Waals surface area contributed by atoms with Gasteiger partial charge in [0.15, 0.2) is 0 Å². The quantitative estimate of drug-likeness (QED) is 0.717. The van der Waals surface area contributed by atoms with Crippen LogP contribution in [0, 0.1) is 0 Å². The highest BCUT2D eigenvalue weighted by atomic mass is 16.4. The zero-order chi connectivity index (χ0) is 13.6. The Kier molecular flexibility index (Phi) is 2.54. The minimum atomic E-state index is -0.960. The van der Waals surface area contributed by atoms with Crippen molar-refractivity contribution in [1.82, 2.24) is 0 Å². The number of aromatic carboxylic acids is 1. The van der Waals surface area contributed by atoms with Gasteiger partial charge in [0.25, 0.3) is 0 Å². The average Bonchev–Trinajstić information content (AvgIpc) is 2.70. The molecule has 1 atom stereocenters. The number of aliphatic hydroxyl groups is 1. The van der Waals surface area contributed by atoms with Crippen molar-refractivity contribution in [2.45, 2.75) is 5.92 Å². The summed E-state index contributed by atoms with van der Waals surface area (Å²) < 4.78 is 0. The monoisotopic (exact) mass is 255 g/mol. The standard InChI is InChI=1S/C15H13NO3/c16-8-4-5-10-12(6-8)13(7-17)9-2-1-3-11(14(9)10)15(18)19/h1-6,13,17H,7,16H2,(H,18,19). The third kappa shape index (κ3) is 1.61. The van der Waals surface area contributed by atoms with Crippen LogP contribution in [-0.2, 0) is 0 Å². The fraction of sp³-hybridized carbons (Fsp3) is 0.133. The molecule has 3 rings (SSSR count). The van der Waals surface area contributed by atoms with E-state index in [0.29, 0.717) is 11.3 Å². The second-order valence-electron chi connectivity index (χ2n) is 4.66. The molecule has 4 nitrogen and oxygen atoms in total. The smallest absolute Gasteiger partial charge is 0.336 e. The normalized spacial score (nSPS) is 15.9. The molecule has 0 bridgehead atoms. The van der Waals surface area contributed by atoms with E-state index in [1.54, 1.807) is 18.2 Å². The molecule has 0 aromatic heterocycles. The van der Waals surface area contributed by atoms with E-state index in [4.69, 9.17) is 5.73 Å². The van der Waals surface area contributed by atoms with Crippen LogP contribution >= 0.6 is 0 Å². The van der Waals surface area contributed by atoms with Crippen molar-refractivity contribution >= 4 is 11.7 Å². The van der Waals surface area contributed by atoms with Crippen molar-refractivity contribution in [2.75, 3.05) is 12.3 Å². The van der Waals surface area contributed by atoms with Gasteiger partial charge in [0, 0.05) is 17.2 Å². The third-order valence-electron chi connectivity index (χ3n) is 3.61. The average molecular weight is 255 g/mol. The molecule has 1 aliphatic carbocycles. The van der Waals surface area contributed by atoms with E-state index < -0.39 is 5.97 Å². The van der Waals surface area contributed by atoms with Gasteiger partial charge < -0.3 is 15.9 Å². The largest absolute Gasteiger partial charge is 0.478 e. The minimum Gasteiger partial charge on any atom is -0.478 e. The van der Waals surface area contributed by atoms with E-state index >= 15 is 0 Å². The molecule has 4 heteroatoms. The van der Waals surface area contributed by atoms with Crippen molar-refractivity contribution in [3.05, 3.63) is 53.1 Å². The molecule has 0 spiro atoms. The van der Waals surface area contributed by atoms with Crippen LogP contribution in [0.1, 0.15) is 27.4 Å². The van der Waals surface area contributed by atoms with Gasteiger partial charge in [0.2, 0.25) is 0 Å². The number of carbonyl (C=O) groups is 1. The van der Waals surface area contributed by atoms with Crippen molar-refractivity contribution in [3.63, 3.8) is 0 Å². The Balaban J connectivity index is 2.35. The first-order valence-electron chi connectivity index (χ1n) is 6.00. The van der Waals surface area contributed by atoms with Crippen LogP contribution in [-0.4, -0.2) is 22.8 Å². The number of fused-ring (bicyclic) bond motifs is 3. The molecule has 1 unspecified atom stereocenters. The number of carboxylic acids is 1. The van der Waals surface area contributed by atoms with Crippen LogP contribution in [0.4, 0.5) is 5.69 Å². The Labute approximate surface area is 110 Å². The summed E-state index contributed by atoms with van der Waals surface area (Å²) in [6, 6.07) is 10.5. The lowest BCUT2D eigenvalue weighted by Gasteiger charge is -2.10. The molecule has 0 fully saturated rings. The maximum atomic E-state index is 11.3. The molecular formula is C15H13NO3. The molecule has 0 radical (unpaired) electrons. The summed E-state index contributed by atoms with van der Waals surface area (Å²) in [7, 11) is 0. The van der Waals surface area contributed by atoms with Crippen LogP contribution in [0.25, 0.3) is 11.1 Å². The predicted molar refractivity (Wildman–Crippen MR) is 72.2 cm³/mol. The Hall–Kier alpha value is -2.33. The molecule has 1 aliphatic rings. The van der Waals surface area contributed by atoms with Gasteiger partial charge in [0.1, 0.15) is 0 Å². The number of anilines is 1. The Morgan fingerprint density at radius 3 is 2.68 bits per heavy atom. The third-order valence-corrected chi connectivity index (χ3v) is 3.61. The van der Waals surface area contributed by atoms with Gasteiger partial charge in [-0.2, -0.15) is 0 Å². The molecule has 0 heterocycles. The number of nitrogen functional groups attached to an aromatic ring is 1. The highest BCUT2D eigenvalue weighted by Crippen LogP contribution is 2.46. The summed E-state index contributed by atoms with van der Waals surface area (Å²) in [5.74, 6) is -1.16. The van der Waals surface area contributed by atoms with E-state index in [-0.39, 0.29) is 18.1 Å². The summed E-state index contributed by atoms with van der Waals surface area (Å²) in [4.78, 5) is 11.3. The second kappa shape index (κ2) is 4.10. The van der Waals surface area contributed by atoms with Gasteiger partial charge in [-0.15, -0.1) is 0 Å². The Morgan fingerprint density at radius 2 is 2.00 bits per heavy atom. The lowest BCUT2D eigenvalue weighted by molar-refractivity contribution is 0.0697. The van der Waals surface area contributed by atoms with Crippen molar-refractivity contribution in [3.8, 4) is 11.1 Å². The number of hydrogen-bond donors (Lipinski definition) is 3. The van der Waals surface area contributed by atoms with Crippen LogP contribution in [0.3, 0.4) is 0 Å². The summed E-state index contributed by atoms with van der Waals surface area (Å²) in [6.07, 6.45) is 0. The van der Waals surface area contributed by atoms with Gasteiger partial charge in [0.05, 0.1) is 12.2 Å². The highest BCUT2D eigenvalue weighted by Gasteiger charge is 2.31. The number of aliphatic hydroxyl groups excluding tert-OH is 1. The summed E-state index contributed by atoms with van der Waals surface area (Å²) in [5, 5.41) is 18.9. The maximum absolute atomic E-state index is 11.3. The van der Waals surface area contributed by atoms with Crippen LogP contribution in [0.5, 0.6) is 0 Å². The molecule has 0 aliphatic heterocycles. The molecule has 19 heavy (non-hydrogen) atoms. The van der Waals surface area contributed by atoms with Crippen LogP contribution < -0.4 is 5.73 Å². The molecule has 2 aromatic carbocycles. The zero-order valence-electron chi connectivity index (χ0n) is 10.1. The van der Waals surface area contributed by atoms with Crippen molar-refractivity contribution in [1.29, 1.82) is 0 Å². The van der Waals surface area contributed by atoms with Gasteiger partial charge in [-0.25, -0.2) is 4.79 Å². The van der Waals surface area contributed by atoms with E-state index in [0.717, 1.165) is 16.7 Å². The topological polar surface area (TPSA) is 83.5 Å². The Bertz CT molecular complexity index is 679. The van der Waals surface area contributed by atoms with Gasteiger partial charge in [-0.1, -0.05) is 18.2 Å². The first kappa shape index (κ1) is 11.7. The first-order valence-corrected chi connectivity index (χ1v) is 6.00. The molecule has 2 aromatic rings. The number of benzene rings is 2. The summed E-state index contributed by atoms with van der Waals surface area (Å²) >= 11 is 0. The van der Waals surface area contributed by atoms with Gasteiger partial charge >= 0.3 is 5.97 Å². The molecule has 0 saturated heterocycles. The van der Waals surface area contributed by atoms with Crippen LogP contribution in [0.2, 0.25) is 0 Å². The molecule has 0 amide bonds. The number of nitrogens with two attached hydrogens (primary N) is 1. The van der Waals surface area contributed by atoms with E-state index in [1.807, 2.05) is 18.2 Å². The number of carboxylic acid groups (broad SMARTS) is 1. The fourth-order valence-corrected chi connectivity index (χ4v) is 2.80. The minimum absolute atomic E-state index is 0.0630. The van der Waals surface area contributed by atoms with Gasteiger partial charge in [-0.3, -0.25) is 0 Å². The van der Waals surface area contributed by atoms with E-state index in [1.165, 1.54) is 0 Å². The zero-order valence-corrected chi connectivity index (χ0v) is 10.1. The highest BCUT2D eigenvalue weighted by molar-refractivity contribution is 5.99. The lowest BCUT2D eigenvalue weighted by atomic mass is 9.96. The van der Waals surface area contributed by atoms with Crippen molar-refractivity contribution < 1.29 is 15.0 Å². The second-order valence-corrected chi connectivity index (χ2v) is 4.66. The number of hydrogen-bond acceptors (Lipinski definition) is 3. The van der Waals surface area contributed by atoms with Crippen LogP contribution in [0.15, 0.2) is 36.4 Å². The van der Waals surface area contributed by atoms with Gasteiger partial charge in [-0.05, 0) is 34.9 Å². The van der Waals surface area contributed by atoms with Crippen molar-refractivity contribution in [2.24, 2.45) is 0 Å². The fourth-order valence-electron chi connectivity index (χ4n) is 2.80. The van der Waals surface area contributed by atoms with E-state index in [9.17, 15) is 15.0 Å². The molecule has 0 saturated carbocycles. The molecular weight excluding hydrogens is 242 g/mol. The number of rotatable bonds is 2. The molecule has 4 N–H and O–H groups in total. The SMILES string of the molecule is Nc1ccc2c(c1)C(CO)c1cccc(C(=O)O)c1-2. The summed E-state index contributed by atoms with van der Waals surface area (Å²) in [5.41, 5.74) is 9.95. The summed E-state index contributed by atoms with van der Waals surface area (Å²) in [6.45, 7) is -0.0630. The maximum Gasteiger partial charge on any atom is 0.336 e. The lowest BCUT2D eigenvalue weighted by Crippen LogP contribution is -2.03. The molecule has 96 valence electrons. The van der Waals surface area contributed by atoms with E-state index in [2.05, 4.69) is 0 Å². The first-order chi connectivity index (χ1) is 9.13. The Morgan fingerprint density at radius 1 is 1.21 bits per heavy atom.